The van der Waals surface area contributed by atoms with Crippen molar-refractivity contribution in [3.8, 4) is 0 Å². The lowest BCUT2D eigenvalue weighted by Gasteiger charge is -2.12. The predicted octanol–water partition coefficient (Wildman–Crippen LogP) is 7.59. The summed E-state index contributed by atoms with van der Waals surface area (Å²) < 4.78 is 9.49. The van der Waals surface area contributed by atoms with Crippen LogP contribution in [0.5, 0.6) is 0 Å². The molecule has 226 valence electrons. The molecule has 0 spiro atoms. The minimum atomic E-state index is -0.675. The van der Waals surface area contributed by atoms with Gasteiger partial charge in [0.15, 0.2) is 0 Å². The summed E-state index contributed by atoms with van der Waals surface area (Å²) in [5.74, 6) is -1.33. The van der Waals surface area contributed by atoms with Crippen LogP contribution in [0.15, 0.2) is 24.5 Å². The van der Waals surface area contributed by atoms with Crippen LogP contribution in [-0.2, 0) is 9.47 Å². The SMILES string of the molecule is CCCCCCCCCCCCCCCCNc1ncnc(Nc2cc(C(=O)OC)cc(C(=O)OC)c2)c1[N+](=O)[O-]. The van der Waals surface area contributed by atoms with E-state index in [1.54, 1.807) is 0 Å². The van der Waals surface area contributed by atoms with Crippen LogP contribution in [0.2, 0.25) is 0 Å². The molecule has 0 atom stereocenters. The van der Waals surface area contributed by atoms with Crippen LogP contribution in [0, 0.1) is 10.1 Å². The number of ether oxygens (including phenoxy) is 2. The van der Waals surface area contributed by atoms with Crippen LogP contribution in [-0.4, -0.2) is 47.6 Å². The van der Waals surface area contributed by atoms with E-state index in [0.717, 1.165) is 19.3 Å². The summed E-state index contributed by atoms with van der Waals surface area (Å²) in [7, 11) is 2.43. The number of esters is 2. The molecule has 41 heavy (non-hydrogen) atoms. The van der Waals surface area contributed by atoms with Gasteiger partial charge in [-0.25, -0.2) is 19.6 Å². The molecule has 0 bridgehead atoms. The number of hydrogen-bond acceptors (Lipinski definition) is 10. The lowest BCUT2D eigenvalue weighted by molar-refractivity contribution is -0.383. The second-order valence-electron chi connectivity index (χ2n) is 10.1. The Morgan fingerprint density at radius 1 is 0.756 bits per heavy atom. The Labute approximate surface area is 243 Å². The maximum Gasteiger partial charge on any atom is 0.353 e. The maximum absolute atomic E-state index is 12.1. The molecule has 0 aliphatic heterocycles. The van der Waals surface area contributed by atoms with Gasteiger partial charge in [0, 0.05) is 12.2 Å². The van der Waals surface area contributed by atoms with Gasteiger partial charge < -0.3 is 20.1 Å². The third-order valence-corrected chi connectivity index (χ3v) is 6.87. The van der Waals surface area contributed by atoms with Crippen LogP contribution in [0.3, 0.4) is 0 Å². The number of hydrogen-bond donors (Lipinski definition) is 2. The predicted molar refractivity (Wildman–Crippen MR) is 160 cm³/mol. The maximum atomic E-state index is 12.1. The van der Waals surface area contributed by atoms with E-state index in [9.17, 15) is 19.7 Å². The van der Waals surface area contributed by atoms with Gasteiger partial charge >= 0.3 is 17.6 Å². The van der Waals surface area contributed by atoms with Crippen molar-refractivity contribution in [1.29, 1.82) is 0 Å². The number of carbonyl (C=O) groups is 2. The number of nitro groups is 1. The number of nitrogens with one attached hydrogen (secondary N) is 2. The molecule has 11 heteroatoms. The second-order valence-corrected chi connectivity index (χ2v) is 10.1. The molecule has 0 aliphatic carbocycles. The van der Waals surface area contributed by atoms with Crippen molar-refractivity contribution < 1.29 is 24.0 Å². The summed E-state index contributed by atoms with van der Waals surface area (Å²) in [5.41, 5.74) is 0.0468. The van der Waals surface area contributed by atoms with E-state index in [1.165, 1.54) is 109 Å². The first kappa shape index (κ1) is 33.4. The van der Waals surface area contributed by atoms with Gasteiger partial charge in [0.2, 0.25) is 11.6 Å². The molecule has 2 rings (SSSR count). The molecule has 2 N–H and O–H groups in total. The third kappa shape index (κ3) is 12.1. The monoisotopic (exact) mass is 571 g/mol. The van der Waals surface area contributed by atoms with Gasteiger partial charge in [-0.1, -0.05) is 90.4 Å². The fourth-order valence-electron chi connectivity index (χ4n) is 4.61. The lowest BCUT2D eigenvalue weighted by Crippen LogP contribution is -2.10. The number of rotatable bonds is 21. The van der Waals surface area contributed by atoms with Gasteiger partial charge in [0.1, 0.15) is 6.33 Å². The Morgan fingerprint density at radius 2 is 1.22 bits per heavy atom. The van der Waals surface area contributed by atoms with Crippen LogP contribution in [0.1, 0.15) is 118 Å². The molecule has 0 saturated carbocycles. The highest BCUT2D eigenvalue weighted by atomic mass is 16.6. The van der Waals surface area contributed by atoms with Crippen molar-refractivity contribution in [2.45, 2.75) is 96.8 Å². The first-order valence-electron chi connectivity index (χ1n) is 14.7. The van der Waals surface area contributed by atoms with Gasteiger partial charge in [-0.2, -0.15) is 0 Å². The highest BCUT2D eigenvalue weighted by molar-refractivity contribution is 5.97. The van der Waals surface area contributed by atoms with E-state index < -0.39 is 16.9 Å². The number of benzene rings is 1. The Hall–Kier alpha value is -3.76. The smallest absolute Gasteiger partial charge is 0.353 e. The number of anilines is 3. The molecule has 0 unspecified atom stereocenters. The van der Waals surface area contributed by atoms with Crippen LogP contribution in [0.4, 0.5) is 23.0 Å². The fraction of sp³-hybridized carbons (Fsp3) is 0.600. The summed E-state index contributed by atoms with van der Waals surface area (Å²) in [5, 5.41) is 17.8. The van der Waals surface area contributed by atoms with Gasteiger partial charge in [-0.15, -0.1) is 0 Å². The van der Waals surface area contributed by atoms with E-state index in [4.69, 9.17) is 9.47 Å². The quantitative estimate of drug-likeness (QED) is 0.0664. The third-order valence-electron chi connectivity index (χ3n) is 6.87. The highest BCUT2D eigenvalue weighted by Gasteiger charge is 2.24. The minimum Gasteiger partial charge on any atom is -0.465 e. The first-order valence-corrected chi connectivity index (χ1v) is 14.7. The molecule has 0 amide bonds. The van der Waals surface area contributed by atoms with E-state index in [0.29, 0.717) is 6.54 Å². The largest absolute Gasteiger partial charge is 0.465 e. The first-order chi connectivity index (χ1) is 19.9. The molecule has 11 nitrogen and oxygen atoms in total. The Morgan fingerprint density at radius 3 is 1.68 bits per heavy atom. The Kier molecular flexibility index (Phi) is 15.8. The van der Waals surface area contributed by atoms with Crippen molar-refractivity contribution >= 4 is 34.9 Å². The summed E-state index contributed by atoms with van der Waals surface area (Å²) in [6, 6.07) is 4.14. The van der Waals surface area contributed by atoms with Gasteiger partial charge in [-0.05, 0) is 24.6 Å². The number of aromatic nitrogens is 2. The number of nitrogens with zero attached hydrogens (tertiary/aromatic N) is 3. The summed E-state index contributed by atoms with van der Waals surface area (Å²) in [6.07, 6.45) is 18.8. The van der Waals surface area contributed by atoms with Crippen molar-refractivity contribution in [1.82, 2.24) is 9.97 Å². The zero-order valence-corrected chi connectivity index (χ0v) is 24.7. The molecule has 1 heterocycles. The molecule has 1 aromatic heterocycles. The molecule has 0 saturated heterocycles. The average Bonchev–Trinajstić information content (AvgIpc) is 2.97. The standard InChI is InChI=1S/C30H45N5O6/c1-4-5-6-7-8-9-10-11-12-13-14-15-16-17-18-31-27-26(35(38)39)28(33-22-32-27)34-25-20-23(29(36)40-2)19-24(21-25)30(37)41-3/h19-22H,4-18H2,1-3H3,(H2,31,32,33,34). The molecule has 2 aromatic rings. The molecule has 1 aromatic carbocycles. The topological polar surface area (TPSA) is 146 Å². The molecule has 0 aliphatic rings. The summed E-state index contributed by atoms with van der Waals surface area (Å²) >= 11 is 0. The van der Waals surface area contributed by atoms with Gasteiger partial charge in [0.05, 0.1) is 30.3 Å². The van der Waals surface area contributed by atoms with Crippen LogP contribution in [0.25, 0.3) is 0 Å². The molecule has 0 fully saturated rings. The van der Waals surface area contributed by atoms with E-state index >= 15 is 0 Å². The van der Waals surface area contributed by atoms with Crippen molar-refractivity contribution in [3.63, 3.8) is 0 Å². The lowest BCUT2D eigenvalue weighted by atomic mass is 10.0. The van der Waals surface area contributed by atoms with Crippen molar-refractivity contribution in [2.75, 3.05) is 31.4 Å². The average molecular weight is 572 g/mol. The Bertz CT molecular complexity index is 1080. The minimum absolute atomic E-state index is 0.0748. The van der Waals surface area contributed by atoms with Crippen LogP contribution < -0.4 is 10.6 Å². The number of unbranched alkanes of at least 4 members (excludes halogenated alkanes) is 13. The molecule has 0 radical (unpaired) electrons. The fourth-order valence-corrected chi connectivity index (χ4v) is 4.61. The highest BCUT2D eigenvalue weighted by Crippen LogP contribution is 2.32. The van der Waals surface area contributed by atoms with Crippen LogP contribution >= 0.6 is 0 Å². The second kappa shape index (κ2) is 19.3. The Balaban J connectivity index is 1.84. The van der Waals surface area contributed by atoms with Crippen molar-refractivity contribution in [2.24, 2.45) is 0 Å². The molecular weight excluding hydrogens is 526 g/mol. The van der Waals surface area contributed by atoms with E-state index in [-0.39, 0.29) is 34.1 Å². The van der Waals surface area contributed by atoms with E-state index in [1.807, 2.05) is 0 Å². The number of carbonyl (C=O) groups excluding carboxylic acids is 2. The van der Waals surface area contributed by atoms with Crippen molar-refractivity contribution in [3.05, 3.63) is 45.8 Å². The van der Waals surface area contributed by atoms with E-state index in [2.05, 4.69) is 27.5 Å². The normalized spacial score (nSPS) is 10.7. The summed E-state index contributed by atoms with van der Waals surface area (Å²) in [4.78, 5) is 43.6. The zero-order chi connectivity index (χ0) is 29.9. The van der Waals surface area contributed by atoms with Gasteiger partial charge in [-0.3, -0.25) is 10.1 Å². The molecular formula is C30H45N5O6. The van der Waals surface area contributed by atoms with Gasteiger partial charge in [0.25, 0.3) is 0 Å². The number of methoxy groups -OCH3 is 2. The zero-order valence-electron chi connectivity index (χ0n) is 24.7. The summed E-state index contributed by atoms with van der Waals surface area (Å²) in [6.45, 7) is 2.79.